The smallest absolute Gasteiger partial charge is 0.222 e. The van der Waals surface area contributed by atoms with Crippen molar-refractivity contribution < 1.29 is 4.79 Å². The van der Waals surface area contributed by atoms with E-state index in [1.807, 2.05) is 25.3 Å². The van der Waals surface area contributed by atoms with E-state index < -0.39 is 0 Å². The molecule has 0 aliphatic carbocycles. The van der Waals surface area contributed by atoms with Crippen LogP contribution < -0.4 is 11.1 Å². The Kier molecular flexibility index (Phi) is 2.68. The number of carbonyl (C=O) groups is 1. The average Bonchev–Trinajstić information content (AvgIpc) is 2.67. The summed E-state index contributed by atoms with van der Waals surface area (Å²) < 4.78 is 0. The number of carbonyl (C=O) groups excluding carboxylic acids is 1. The van der Waals surface area contributed by atoms with E-state index in [0.717, 1.165) is 17.8 Å². The number of nitrogens with zero attached hydrogens (tertiary/aromatic N) is 1. The number of hydrogen-bond donors (Lipinski definition) is 2. The third-order valence-corrected chi connectivity index (χ3v) is 2.89. The van der Waals surface area contributed by atoms with Gasteiger partial charge >= 0.3 is 0 Å². The maximum atomic E-state index is 11.2. The third kappa shape index (κ3) is 1.99. The van der Waals surface area contributed by atoms with Crippen molar-refractivity contribution in [3.05, 3.63) is 29.6 Å². The Hall–Kier alpha value is -1.42. The quantitative estimate of drug-likeness (QED) is 0.723. The van der Waals surface area contributed by atoms with Gasteiger partial charge in [-0.25, -0.2) is 0 Å². The second-order valence-electron chi connectivity index (χ2n) is 4.03. The first-order chi connectivity index (χ1) is 7.18. The topological polar surface area (TPSA) is 68.0 Å². The molecule has 1 fully saturated rings. The zero-order valence-corrected chi connectivity index (χ0v) is 8.73. The number of hydrogen-bond acceptors (Lipinski definition) is 3. The van der Waals surface area contributed by atoms with Crippen molar-refractivity contribution in [2.45, 2.75) is 12.8 Å². The van der Waals surface area contributed by atoms with Gasteiger partial charge in [-0.3, -0.25) is 9.78 Å². The number of nitrogens with one attached hydrogen (secondary N) is 1. The molecule has 80 valence electrons. The van der Waals surface area contributed by atoms with Crippen LogP contribution in [-0.4, -0.2) is 24.0 Å². The lowest BCUT2D eigenvalue weighted by atomic mass is 9.92. The summed E-state index contributed by atoms with van der Waals surface area (Å²) in [4.78, 5) is 15.6. The van der Waals surface area contributed by atoms with Crippen LogP contribution in [0.1, 0.15) is 17.2 Å². The van der Waals surface area contributed by atoms with Gasteiger partial charge in [-0.05, 0) is 18.6 Å². The van der Waals surface area contributed by atoms with Crippen molar-refractivity contribution in [1.82, 2.24) is 10.3 Å². The first-order valence-corrected chi connectivity index (χ1v) is 5.11. The molecular formula is C11H15N3O. The summed E-state index contributed by atoms with van der Waals surface area (Å²) in [5.41, 5.74) is 7.43. The van der Waals surface area contributed by atoms with Crippen molar-refractivity contribution in [3.63, 3.8) is 0 Å². The first kappa shape index (κ1) is 10.1. The fourth-order valence-corrected chi connectivity index (χ4v) is 1.99. The molecule has 1 aromatic heterocycles. The molecule has 2 atom stereocenters. The lowest BCUT2D eigenvalue weighted by Crippen LogP contribution is -2.28. The van der Waals surface area contributed by atoms with Crippen LogP contribution in [0, 0.1) is 12.8 Å². The number of amides is 1. The maximum absolute atomic E-state index is 11.2. The second kappa shape index (κ2) is 3.98. The van der Waals surface area contributed by atoms with Crippen LogP contribution in [0.2, 0.25) is 0 Å². The Morgan fingerprint density at radius 2 is 2.33 bits per heavy atom. The van der Waals surface area contributed by atoms with Crippen LogP contribution in [-0.2, 0) is 4.79 Å². The highest BCUT2D eigenvalue weighted by Gasteiger charge is 2.33. The van der Waals surface area contributed by atoms with Crippen LogP contribution >= 0.6 is 0 Å². The average molecular weight is 205 g/mol. The number of nitrogens with two attached hydrogens (primary N) is 1. The van der Waals surface area contributed by atoms with Crippen LogP contribution in [0.4, 0.5) is 0 Å². The summed E-state index contributed by atoms with van der Waals surface area (Å²) >= 11 is 0. The van der Waals surface area contributed by atoms with Gasteiger partial charge in [0.05, 0.1) is 5.92 Å². The number of aryl methyl sites for hydroxylation is 1. The monoisotopic (exact) mass is 205 g/mol. The largest absolute Gasteiger partial charge is 0.369 e. The van der Waals surface area contributed by atoms with Gasteiger partial charge in [-0.15, -0.1) is 0 Å². The van der Waals surface area contributed by atoms with Gasteiger partial charge in [-0.2, -0.15) is 0 Å². The molecule has 0 spiro atoms. The minimum atomic E-state index is -0.243. The summed E-state index contributed by atoms with van der Waals surface area (Å²) in [5, 5.41) is 3.18. The van der Waals surface area contributed by atoms with Crippen LogP contribution in [0.3, 0.4) is 0 Å². The van der Waals surface area contributed by atoms with Gasteiger partial charge in [-0.1, -0.05) is 6.07 Å². The van der Waals surface area contributed by atoms with Crippen molar-refractivity contribution in [1.29, 1.82) is 0 Å². The lowest BCUT2D eigenvalue weighted by Gasteiger charge is -2.14. The molecule has 2 heterocycles. The van der Waals surface area contributed by atoms with E-state index in [0.29, 0.717) is 6.54 Å². The molecule has 0 radical (unpaired) electrons. The molecule has 3 N–H and O–H groups in total. The Balaban J connectivity index is 2.22. The van der Waals surface area contributed by atoms with Gasteiger partial charge in [0, 0.05) is 30.9 Å². The molecule has 2 rings (SSSR count). The number of aromatic nitrogens is 1. The minimum Gasteiger partial charge on any atom is -0.369 e. The highest BCUT2D eigenvalue weighted by Crippen LogP contribution is 2.26. The van der Waals surface area contributed by atoms with E-state index in [4.69, 9.17) is 5.73 Å². The van der Waals surface area contributed by atoms with Crippen LogP contribution in [0.25, 0.3) is 0 Å². The van der Waals surface area contributed by atoms with Gasteiger partial charge in [0.15, 0.2) is 0 Å². The molecule has 15 heavy (non-hydrogen) atoms. The molecule has 1 amide bonds. The molecule has 1 aromatic rings. The Labute approximate surface area is 88.9 Å². The van der Waals surface area contributed by atoms with Crippen molar-refractivity contribution in [2.24, 2.45) is 11.7 Å². The van der Waals surface area contributed by atoms with E-state index in [1.54, 1.807) is 0 Å². The molecule has 0 aromatic carbocycles. The van der Waals surface area contributed by atoms with E-state index in [-0.39, 0.29) is 17.7 Å². The molecule has 4 heteroatoms. The SMILES string of the molecule is Cc1ccc(C2CNCC2C(N)=O)nc1. The molecule has 0 bridgehead atoms. The first-order valence-electron chi connectivity index (χ1n) is 5.11. The predicted octanol–water partition coefficient (Wildman–Crippen LogP) is 0.178. The third-order valence-electron chi connectivity index (χ3n) is 2.89. The molecule has 0 saturated carbocycles. The minimum absolute atomic E-state index is 0.125. The van der Waals surface area contributed by atoms with Crippen molar-refractivity contribution >= 4 is 5.91 Å². The van der Waals surface area contributed by atoms with Crippen LogP contribution in [0.5, 0.6) is 0 Å². The zero-order chi connectivity index (χ0) is 10.8. The van der Waals surface area contributed by atoms with Crippen molar-refractivity contribution in [2.75, 3.05) is 13.1 Å². The van der Waals surface area contributed by atoms with E-state index in [1.165, 1.54) is 0 Å². The van der Waals surface area contributed by atoms with Crippen molar-refractivity contribution in [3.8, 4) is 0 Å². The summed E-state index contributed by atoms with van der Waals surface area (Å²) in [6.45, 7) is 3.44. The standard InChI is InChI=1S/C11H15N3O/c1-7-2-3-10(14-4-7)8-5-13-6-9(8)11(12)15/h2-4,8-9,13H,5-6H2,1H3,(H2,12,15). The summed E-state index contributed by atoms with van der Waals surface area (Å²) in [6, 6.07) is 3.99. The van der Waals surface area contributed by atoms with E-state index in [9.17, 15) is 4.79 Å². The maximum Gasteiger partial charge on any atom is 0.222 e. The number of primary amides is 1. The fourth-order valence-electron chi connectivity index (χ4n) is 1.99. The number of rotatable bonds is 2. The molecule has 4 nitrogen and oxygen atoms in total. The Morgan fingerprint density at radius 3 is 2.93 bits per heavy atom. The fraction of sp³-hybridized carbons (Fsp3) is 0.455. The molecule has 1 aliphatic rings. The van der Waals surface area contributed by atoms with Gasteiger partial charge in [0.1, 0.15) is 0 Å². The van der Waals surface area contributed by atoms with Gasteiger partial charge < -0.3 is 11.1 Å². The molecular weight excluding hydrogens is 190 g/mol. The highest BCUT2D eigenvalue weighted by atomic mass is 16.1. The number of pyridine rings is 1. The molecule has 2 unspecified atom stereocenters. The lowest BCUT2D eigenvalue weighted by molar-refractivity contribution is -0.121. The summed E-state index contributed by atoms with van der Waals surface area (Å²) in [7, 11) is 0. The molecule has 1 saturated heterocycles. The van der Waals surface area contributed by atoms with E-state index in [2.05, 4.69) is 10.3 Å². The highest BCUT2D eigenvalue weighted by molar-refractivity contribution is 5.78. The zero-order valence-electron chi connectivity index (χ0n) is 8.73. The van der Waals surface area contributed by atoms with Crippen LogP contribution in [0.15, 0.2) is 18.3 Å². The Morgan fingerprint density at radius 1 is 1.53 bits per heavy atom. The molecule has 1 aliphatic heterocycles. The van der Waals surface area contributed by atoms with Gasteiger partial charge in [0.2, 0.25) is 5.91 Å². The second-order valence-corrected chi connectivity index (χ2v) is 4.03. The summed E-state index contributed by atoms with van der Waals surface area (Å²) in [5.74, 6) is -0.240. The normalized spacial score (nSPS) is 25.4. The van der Waals surface area contributed by atoms with Gasteiger partial charge in [0.25, 0.3) is 0 Å². The Bertz CT molecular complexity index is 361. The predicted molar refractivity (Wildman–Crippen MR) is 57.3 cm³/mol. The van der Waals surface area contributed by atoms with E-state index >= 15 is 0 Å². The summed E-state index contributed by atoms with van der Waals surface area (Å²) in [6.07, 6.45) is 1.83.